The molecule has 106 valence electrons. The molecule has 1 saturated carbocycles. The molecule has 1 aromatic heterocycles. The Morgan fingerprint density at radius 3 is 2.79 bits per heavy atom. The topological polar surface area (TPSA) is 22.1 Å². The number of ether oxygens (including phenoxy) is 1. The maximum atomic E-state index is 6.19. The Kier molecular flexibility index (Phi) is 5.13. The maximum Gasteiger partial charge on any atom is 0.232 e. The third-order valence-electron chi connectivity index (χ3n) is 4.00. The molecule has 0 N–H and O–H groups in total. The summed E-state index contributed by atoms with van der Waals surface area (Å²) < 4.78 is 7.00. The van der Waals surface area contributed by atoms with Crippen molar-refractivity contribution in [3.05, 3.63) is 21.8 Å². The lowest BCUT2D eigenvalue weighted by atomic mass is 9.75. The largest absolute Gasteiger partial charge is 0.473 e. The first-order chi connectivity index (χ1) is 8.97. The highest BCUT2D eigenvalue weighted by Crippen LogP contribution is 2.37. The predicted octanol–water partition coefficient (Wildman–Crippen LogP) is 5.34. The summed E-state index contributed by atoms with van der Waals surface area (Å²) in [5.41, 5.74) is 0. The molecule has 2 nitrogen and oxygen atoms in total. The number of pyridine rings is 1. The average molecular weight is 347 g/mol. The third kappa shape index (κ3) is 3.85. The number of hydrogen-bond donors (Lipinski definition) is 0. The van der Waals surface area contributed by atoms with Crippen molar-refractivity contribution >= 4 is 27.5 Å². The number of rotatable bonds is 3. The van der Waals surface area contributed by atoms with Gasteiger partial charge in [0.1, 0.15) is 11.1 Å². The van der Waals surface area contributed by atoms with Crippen molar-refractivity contribution < 1.29 is 4.74 Å². The molecular weight excluding hydrogens is 326 g/mol. The van der Waals surface area contributed by atoms with E-state index in [0.717, 1.165) is 10.9 Å². The van der Waals surface area contributed by atoms with Crippen LogP contribution in [0.1, 0.15) is 40.0 Å². The van der Waals surface area contributed by atoms with Crippen molar-refractivity contribution in [2.45, 2.75) is 46.1 Å². The molecule has 0 aliphatic heterocycles. The molecule has 3 atom stereocenters. The summed E-state index contributed by atoms with van der Waals surface area (Å²) in [5, 5.41) is 0.579. The van der Waals surface area contributed by atoms with E-state index in [0.29, 0.717) is 28.7 Å². The second-order valence-corrected chi connectivity index (χ2v) is 7.25. The first kappa shape index (κ1) is 15.1. The first-order valence-electron chi connectivity index (χ1n) is 6.95. The Bertz CT molecular complexity index is 438. The van der Waals surface area contributed by atoms with Gasteiger partial charge in [0.25, 0.3) is 0 Å². The molecule has 0 saturated heterocycles. The second kappa shape index (κ2) is 6.45. The molecule has 1 heterocycles. The molecule has 0 spiro atoms. The van der Waals surface area contributed by atoms with Crippen molar-refractivity contribution in [3.63, 3.8) is 0 Å². The van der Waals surface area contributed by atoms with Crippen molar-refractivity contribution in [1.82, 2.24) is 4.98 Å². The van der Waals surface area contributed by atoms with Gasteiger partial charge in [-0.15, -0.1) is 0 Å². The highest BCUT2D eigenvalue weighted by molar-refractivity contribution is 9.10. The Balaban J connectivity index is 2.14. The predicted molar refractivity (Wildman–Crippen MR) is 82.7 cm³/mol. The van der Waals surface area contributed by atoms with E-state index in [4.69, 9.17) is 16.3 Å². The smallest absolute Gasteiger partial charge is 0.232 e. The molecule has 2 rings (SSSR count). The van der Waals surface area contributed by atoms with Crippen LogP contribution < -0.4 is 4.74 Å². The fourth-order valence-electron chi connectivity index (χ4n) is 2.88. The molecule has 1 aromatic rings. The van der Waals surface area contributed by atoms with E-state index in [1.807, 2.05) is 6.07 Å². The van der Waals surface area contributed by atoms with E-state index < -0.39 is 0 Å². The van der Waals surface area contributed by atoms with Gasteiger partial charge >= 0.3 is 0 Å². The maximum absolute atomic E-state index is 6.19. The fraction of sp³-hybridized carbons (Fsp3) is 0.667. The molecule has 4 heteroatoms. The van der Waals surface area contributed by atoms with Crippen molar-refractivity contribution in [1.29, 1.82) is 0 Å². The molecule has 0 bridgehead atoms. The molecule has 19 heavy (non-hydrogen) atoms. The number of nitrogens with zero attached hydrogens (tertiary/aromatic N) is 1. The Morgan fingerprint density at radius 2 is 2.16 bits per heavy atom. The van der Waals surface area contributed by atoms with E-state index in [2.05, 4.69) is 41.7 Å². The summed E-state index contributed by atoms with van der Waals surface area (Å²) in [7, 11) is 0. The minimum Gasteiger partial charge on any atom is -0.473 e. The van der Waals surface area contributed by atoms with Crippen molar-refractivity contribution in [2.75, 3.05) is 0 Å². The van der Waals surface area contributed by atoms with E-state index in [1.165, 1.54) is 12.8 Å². The Morgan fingerprint density at radius 1 is 1.42 bits per heavy atom. The van der Waals surface area contributed by atoms with Crippen LogP contribution in [-0.2, 0) is 0 Å². The van der Waals surface area contributed by atoms with Gasteiger partial charge in [-0.3, -0.25) is 0 Å². The summed E-state index contributed by atoms with van der Waals surface area (Å²) in [4.78, 5) is 4.29. The van der Waals surface area contributed by atoms with Crippen LogP contribution in [-0.4, -0.2) is 11.1 Å². The normalized spacial score (nSPS) is 27.6. The van der Waals surface area contributed by atoms with Gasteiger partial charge in [-0.05, 0) is 52.6 Å². The van der Waals surface area contributed by atoms with Crippen LogP contribution in [0, 0.1) is 17.8 Å². The Labute approximate surface area is 129 Å². The minimum atomic E-state index is 0.231. The number of aromatic nitrogens is 1. The van der Waals surface area contributed by atoms with Gasteiger partial charge in [-0.1, -0.05) is 38.8 Å². The van der Waals surface area contributed by atoms with Crippen LogP contribution in [0.3, 0.4) is 0 Å². The van der Waals surface area contributed by atoms with Crippen molar-refractivity contribution in [3.8, 4) is 5.88 Å². The van der Waals surface area contributed by atoms with Gasteiger partial charge in [0.2, 0.25) is 5.88 Å². The summed E-state index contributed by atoms with van der Waals surface area (Å²) in [6.45, 7) is 6.84. The highest BCUT2D eigenvalue weighted by Gasteiger charge is 2.32. The summed E-state index contributed by atoms with van der Waals surface area (Å²) in [6.07, 6.45) is 5.59. The Hall–Kier alpha value is -0.280. The average Bonchev–Trinajstić information content (AvgIpc) is 2.32. The second-order valence-electron chi connectivity index (χ2n) is 5.92. The molecule has 0 amide bonds. The van der Waals surface area contributed by atoms with Crippen LogP contribution in [0.25, 0.3) is 0 Å². The van der Waals surface area contributed by atoms with Crippen LogP contribution in [0.15, 0.2) is 16.7 Å². The molecule has 0 aromatic carbocycles. The zero-order valence-corrected chi connectivity index (χ0v) is 14.0. The monoisotopic (exact) mass is 345 g/mol. The highest BCUT2D eigenvalue weighted by atomic mass is 79.9. The van der Waals surface area contributed by atoms with Gasteiger partial charge in [0.15, 0.2) is 0 Å². The minimum absolute atomic E-state index is 0.231. The molecule has 0 radical (unpaired) electrons. The van der Waals surface area contributed by atoms with Gasteiger partial charge in [-0.2, -0.15) is 0 Å². The van der Waals surface area contributed by atoms with Crippen LogP contribution in [0.5, 0.6) is 5.88 Å². The molecular formula is C15H21BrClNO. The van der Waals surface area contributed by atoms with E-state index in [9.17, 15) is 0 Å². The van der Waals surface area contributed by atoms with E-state index in [1.54, 1.807) is 6.20 Å². The SMILES string of the molecule is CC1CCC(C(C)C)C(Oc2ncc(Br)cc2Cl)C1. The van der Waals surface area contributed by atoms with Crippen LogP contribution in [0.4, 0.5) is 0 Å². The van der Waals surface area contributed by atoms with Crippen molar-refractivity contribution in [2.24, 2.45) is 17.8 Å². The van der Waals surface area contributed by atoms with E-state index >= 15 is 0 Å². The lowest BCUT2D eigenvalue weighted by Gasteiger charge is -2.37. The van der Waals surface area contributed by atoms with Gasteiger partial charge in [0, 0.05) is 10.7 Å². The van der Waals surface area contributed by atoms with Crippen LogP contribution >= 0.6 is 27.5 Å². The van der Waals surface area contributed by atoms with Gasteiger partial charge < -0.3 is 4.74 Å². The standard InChI is InChI=1S/C15H21BrClNO/c1-9(2)12-5-4-10(3)6-14(12)19-15-13(17)7-11(16)8-18-15/h7-10,12,14H,4-6H2,1-3H3. The van der Waals surface area contributed by atoms with Crippen LogP contribution in [0.2, 0.25) is 5.02 Å². The number of halogens is 2. The van der Waals surface area contributed by atoms with E-state index in [-0.39, 0.29) is 6.10 Å². The molecule has 3 unspecified atom stereocenters. The summed E-state index contributed by atoms with van der Waals surface area (Å²) in [6, 6.07) is 1.83. The zero-order valence-electron chi connectivity index (χ0n) is 11.7. The summed E-state index contributed by atoms with van der Waals surface area (Å²) in [5.74, 6) is 2.51. The number of hydrogen-bond acceptors (Lipinski definition) is 2. The molecule has 1 aliphatic carbocycles. The molecule has 1 aliphatic rings. The zero-order chi connectivity index (χ0) is 14.0. The fourth-order valence-corrected chi connectivity index (χ4v) is 3.56. The first-order valence-corrected chi connectivity index (χ1v) is 8.12. The lowest BCUT2D eigenvalue weighted by Crippen LogP contribution is -2.36. The third-order valence-corrected chi connectivity index (χ3v) is 4.70. The van der Waals surface area contributed by atoms with Gasteiger partial charge in [-0.25, -0.2) is 4.98 Å². The quantitative estimate of drug-likeness (QED) is 0.737. The molecule has 1 fully saturated rings. The lowest BCUT2D eigenvalue weighted by molar-refractivity contribution is 0.0427. The summed E-state index contributed by atoms with van der Waals surface area (Å²) >= 11 is 9.56. The van der Waals surface area contributed by atoms with Gasteiger partial charge in [0.05, 0.1) is 0 Å².